The zero-order valence-corrected chi connectivity index (χ0v) is 18.4. The van der Waals surface area contributed by atoms with Gasteiger partial charge in [0.15, 0.2) is 10.6 Å². The standard InChI is InChI=1S/C27H14F2N4S/c28-22-13-12-17(25(29)30-22)15-6-5-7-16(14-15)23-18-8-1-2-9-19(18)24-26(31-23)33-20-10-3-4-11-21(20)34-27(33)32-24/h1-14H. The zero-order chi connectivity index (χ0) is 22.8. The molecule has 0 aliphatic heterocycles. The molecule has 0 amide bonds. The second kappa shape index (κ2) is 7.13. The molecule has 7 rings (SSSR count). The maximum Gasteiger partial charge on any atom is 0.223 e. The molecule has 4 aromatic heterocycles. The van der Waals surface area contributed by atoms with E-state index in [2.05, 4.69) is 27.6 Å². The SMILES string of the molecule is Fc1ccc(-c2cccc(-c3nc4c(nc5sc6ccccc6n54)c4ccccc34)c2)c(F)n1. The number of thiazole rings is 1. The lowest BCUT2D eigenvalue weighted by molar-refractivity contribution is 0.515. The normalized spacial score (nSPS) is 11.8. The number of imidazole rings is 1. The van der Waals surface area contributed by atoms with Gasteiger partial charge in [-0.05, 0) is 35.9 Å². The number of hydrogen-bond acceptors (Lipinski definition) is 4. The zero-order valence-electron chi connectivity index (χ0n) is 17.5. The van der Waals surface area contributed by atoms with E-state index in [0.717, 1.165) is 54.4 Å². The maximum atomic E-state index is 14.4. The number of nitrogens with zero attached hydrogens (tertiary/aromatic N) is 4. The summed E-state index contributed by atoms with van der Waals surface area (Å²) < 4.78 is 31.0. The van der Waals surface area contributed by atoms with Crippen molar-refractivity contribution < 1.29 is 8.78 Å². The first-order chi connectivity index (χ1) is 16.7. The van der Waals surface area contributed by atoms with Gasteiger partial charge in [0.2, 0.25) is 11.9 Å². The van der Waals surface area contributed by atoms with E-state index in [0.29, 0.717) is 5.56 Å². The van der Waals surface area contributed by atoms with E-state index in [-0.39, 0.29) is 5.56 Å². The largest absolute Gasteiger partial charge is 0.267 e. The lowest BCUT2D eigenvalue weighted by atomic mass is 9.99. The van der Waals surface area contributed by atoms with Crippen molar-refractivity contribution in [1.82, 2.24) is 19.4 Å². The van der Waals surface area contributed by atoms with Crippen molar-refractivity contribution in [3.05, 3.63) is 96.8 Å². The predicted molar refractivity (Wildman–Crippen MR) is 132 cm³/mol. The first-order valence-corrected chi connectivity index (χ1v) is 11.5. The predicted octanol–water partition coefficient (Wildman–Crippen LogP) is 7.26. The van der Waals surface area contributed by atoms with Crippen LogP contribution >= 0.6 is 11.3 Å². The summed E-state index contributed by atoms with van der Waals surface area (Å²) >= 11 is 1.63. The highest BCUT2D eigenvalue weighted by Crippen LogP contribution is 2.37. The maximum absolute atomic E-state index is 14.4. The van der Waals surface area contributed by atoms with Crippen molar-refractivity contribution in [3.63, 3.8) is 0 Å². The number of halogens is 2. The van der Waals surface area contributed by atoms with E-state index >= 15 is 0 Å². The summed E-state index contributed by atoms with van der Waals surface area (Å²) in [5.74, 6) is -1.68. The molecule has 4 nitrogen and oxygen atoms in total. The highest BCUT2D eigenvalue weighted by atomic mass is 32.1. The van der Waals surface area contributed by atoms with Gasteiger partial charge in [-0.1, -0.05) is 65.9 Å². The van der Waals surface area contributed by atoms with Gasteiger partial charge in [0, 0.05) is 21.9 Å². The molecule has 0 aliphatic rings. The highest BCUT2D eigenvalue weighted by molar-refractivity contribution is 7.23. The highest BCUT2D eigenvalue weighted by Gasteiger charge is 2.18. The van der Waals surface area contributed by atoms with Crippen LogP contribution in [0.2, 0.25) is 0 Å². The van der Waals surface area contributed by atoms with Crippen LogP contribution in [0, 0.1) is 11.9 Å². The smallest absolute Gasteiger partial charge is 0.223 e. The van der Waals surface area contributed by atoms with Crippen molar-refractivity contribution in [2.75, 3.05) is 0 Å². The average molecular weight is 465 g/mol. The Labute approximate surface area is 195 Å². The van der Waals surface area contributed by atoms with Gasteiger partial charge >= 0.3 is 0 Å². The molecule has 0 saturated heterocycles. The lowest BCUT2D eigenvalue weighted by Crippen LogP contribution is -1.94. The van der Waals surface area contributed by atoms with Gasteiger partial charge < -0.3 is 0 Å². The van der Waals surface area contributed by atoms with Crippen LogP contribution < -0.4 is 0 Å². The second-order valence-corrected chi connectivity index (χ2v) is 9.04. The molecule has 0 unspecified atom stereocenters. The van der Waals surface area contributed by atoms with E-state index < -0.39 is 11.9 Å². The van der Waals surface area contributed by atoms with E-state index in [4.69, 9.17) is 9.97 Å². The van der Waals surface area contributed by atoms with Crippen molar-refractivity contribution >= 4 is 48.5 Å². The fraction of sp³-hybridized carbons (Fsp3) is 0. The molecule has 0 atom stereocenters. The summed E-state index contributed by atoms with van der Waals surface area (Å²) in [6.07, 6.45) is 0. The molecule has 7 heteroatoms. The molecule has 34 heavy (non-hydrogen) atoms. The Morgan fingerprint density at radius 2 is 1.50 bits per heavy atom. The number of aromatic nitrogens is 4. The summed E-state index contributed by atoms with van der Waals surface area (Å²) in [7, 11) is 0. The third-order valence-electron chi connectivity index (χ3n) is 6.05. The van der Waals surface area contributed by atoms with Gasteiger partial charge in [0.25, 0.3) is 0 Å². The number of pyridine rings is 2. The molecule has 0 fully saturated rings. The van der Waals surface area contributed by atoms with Crippen LogP contribution in [-0.4, -0.2) is 19.4 Å². The number of fused-ring (bicyclic) bond motifs is 7. The molecule has 7 aromatic rings. The molecule has 0 bridgehead atoms. The van der Waals surface area contributed by atoms with Crippen LogP contribution in [0.3, 0.4) is 0 Å². The summed E-state index contributed by atoms with van der Waals surface area (Å²) in [6.45, 7) is 0. The van der Waals surface area contributed by atoms with Gasteiger partial charge in [0.05, 0.1) is 15.9 Å². The Morgan fingerprint density at radius 1 is 0.706 bits per heavy atom. The molecule has 3 aromatic carbocycles. The summed E-state index contributed by atoms with van der Waals surface area (Å²) in [5.41, 5.74) is 5.14. The van der Waals surface area contributed by atoms with E-state index in [1.807, 2.05) is 48.5 Å². The Bertz CT molecular complexity index is 1900. The minimum atomic E-state index is -0.844. The third-order valence-corrected chi connectivity index (χ3v) is 7.07. The minimum Gasteiger partial charge on any atom is -0.267 e. The topological polar surface area (TPSA) is 43.1 Å². The first kappa shape index (κ1) is 19.3. The Morgan fingerprint density at radius 3 is 2.38 bits per heavy atom. The van der Waals surface area contributed by atoms with Crippen LogP contribution in [0.15, 0.2) is 84.9 Å². The molecule has 0 radical (unpaired) electrons. The van der Waals surface area contributed by atoms with Gasteiger partial charge in [-0.2, -0.15) is 13.8 Å². The molecule has 4 heterocycles. The van der Waals surface area contributed by atoms with Gasteiger partial charge in [-0.25, -0.2) is 9.97 Å². The quantitative estimate of drug-likeness (QED) is 0.253. The molecule has 0 aliphatic carbocycles. The fourth-order valence-electron chi connectivity index (χ4n) is 4.53. The summed E-state index contributed by atoms with van der Waals surface area (Å²) in [6, 6.07) is 26.2. The van der Waals surface area contributed by atoms with Crippen LogP contribution in [-0.2, 0) is 0 Å². The van der Waals surface area contributed by atoms with Gasteiger partial charge in [-0.15, -0.1) is 0 Å². The van der Waals surface area contributed by atoms with Crippen LogP contribution in [0.1, 0.15) is 0 Å². The van der Waals surface area contributed by atoms with E-state index in [9.17, 15) is 8.78 Å². The minimum absolute atomic E-state index is 0.240. The average Bonchev–Trinajstić information content (AvgIpc) is 3.40. The molecule has 0 saturated carbocycles. The van der Waals surface area contributed by atoms with Crippen LogP contribution in [0.4, 0.5) is 8.78 Å². The van der Waals surface area contributed by atoms with Crippen molar-refractivity contribution in [2.45, 2.75) is 0 Å². The van der Waals surface area contributed by atoms with Crippen molar-refractivity contribution in [1.29, 1.82) is 0 Å². The Balaban J connectivity index is 1.54. The summed E-state index contributed by atoms with van der Waals surface area (Å²) in [5, 5.41) is 1.96. The van der Waals surface area contributed by atoms with Gasteiger partial charge in [-0.3, -0.25) is 4.40 Å². The fourth-order valence-corrected chi connectivity index (χ4v) is 5.55. The van der Waals surface area contributed by atoms with Crippen LogP contribution in [0.25, 0.3) is 59.5 Å². The molecule has 162 valence electrons. The molecular formula is C27H14F2N4S. The monoisotopic (exact) mass is 464 g/mol. The summed E-state index contributed by atoms with van der Waals surface area (Å²) in [4.78, 5) is 14.2. The number of para-hydroxylation sites is 1. The molecule has 0 spiro atoms. The Kier molecular flexibility index (Phi) is 4.04. The first-order valence-electron chi connectivity index (χ1n) is 10.7. The molecule has 0 N–H and O–H groups in total. The second-order valence-electron chi connectivity index (χ2n) is 8.03. The number of hydrogen-bond donors (Lipinski definition) is 0. The van der Waals surface area contributed by atoms with E-state index in [1.165, 1.54) is 6.07 Å². The van der Waals surface area contributed by atoms with Crippen LogP contribution in [0.5, 0.6) is 0 Å². The number of benzene rings is 3. The Hall–Kier alpha value is -4.23. The van der Waals surface area contributed by atoms with Crippen molar-refractivity contribution in [3.8, 4) is 22.4 Å². The number of rotatable bonds is 2. The molecular weight excluding hydrogens is 450 g/mol. The van der Waals surface area contributed by atoms with E-state index in [1.54, 1.807) is 17.4 Å². The van der Waals surface area contributed by atoms with Gasteiger partial charge in [0.1, 0.15) is 5.52 Å². The third kappa shape index (κ3) is 2.77. The lowest BCUT2D eigenvalue weighted by Gasteiger charge is -2.10. The van der Waals surface area contributed by atoms with Crippen molar-refractivity contribution in [2.24, 2.45) is 0 Å².